The van der Waals surface area contributed by atoms with Gasteiger partial charge in [-0.2, -0.15) is 8.78 Å². The summed E-state index contributed by atoms with van der Waals surface area (Å²) in [6, 6.07) is 20.3. The Balaban J connectivity index is 1.48. The highest BCUT2D eigenvalue weighted by Crippen LogP contribution is 2.51. The molecule has 0 atom stereocenters. The highest BCUT2D eigenvalue weighted by molar-refractivity contribution is 6.07. The van der Waals surface area contributed by atoms with E-state index in [0.717, 1.165) is 0 Å². The molecule has 0 unspecified atom stereocenters. The Morgan fingerprint density at radius 2 is 0.977 bits per heavy atom. The Bertz CT molecular complexity index is 2130. The summed E-state index contributed by atoms with van der Waals surface area (Å²) in [5.74, 6) is -1.24. The normalized spacial score (nSPS) is 14.1. The number of allylic oxidation sites excluding steroid dienone is 2. The number of nitrogens with zero attached hydrogens (tertiary/aromatic N) is 8. The molecule has 2 aromatic carbocycles. The van der Waals surface area contributed by atoms with E-state index in [1.54, 1.807) is 48.5 Å². The highest BCUT2D eigenvalue weighted by Gasteiger charge is 2.36. The second kappa shape index (κ2) is 9.89. The third kappa shape index (κ3) is 3.84. The molecule has 2 aliphatic carbocycles. The molecule has 0 radical (unpaired) electrons. The molecule has 3 heterocycles. The van der Waals surface area contributed by atoms with Crippen molar-refractivity contribution >= 4 is 11.1 Å². The van der Waals surface area contributed by atoms with Crippen LogP contribution in [0.15, 0.2) is 84.5 Å². The number of hydrogen-bond acceptors (Lipinski definition) is 6. The van der Waals surface area contributed by atoms with Gasteiger partial charge >= 0.3 is 0 Å². The summed E-state index contributed by atoms with van der Waals surface area (Å²) >= 11 is 0. The largest absolute Gasteiger partial charge is 0.271 e. The average Bonchev–Trinajstić information content (AvgIpc) is 3.53. The van der Waals surface area contributed by atoms with Crippen LogP contribution in [-0.4, -0.2) is 19.9 Å². The molecule has 8 nitrogen and oxygen atoms in total. The van der Waals surface area contributed by atoms with E-state index >= 15 is 0 Å². The van der Waals surface area contributed by atoms with E-state index in [-0.39, 0.29) is 11.4 Å². The Morgan fingerprint density at radius 1 is 0.568 bits per heavy atom. The second-order valence-electron chi connectivity index (χ2n) is 9.77. The van der Waals surface area contributed by atoms with Crippen molar-refractivity contribution in [2.45, 2.75) is 0 Å². The van der Waals surface area contributed by atoms with Crippen molar-refractivity contribution in [2.75, 3.05) is 0 Å². The van der Waals surface area contributed by atoms with Crippen molar-refractivity contribution in [3.8, 4) is 56.9 Å². The molecule has 10 heteroatoms. The number of pyridine rings is 2. The molecule has 2 aliphatic rings. The number of benzene rings is 2. The maximum absolute atomic E-state index is 13.5. The Hall–Kier alpha value is -6.88. The molecule has 0 bridgehead atoms. The van der Waals surface area contributed by atoms with Crippen molar-refractivity contribution in [3.05, 3.63) is 142 Å². The molecule has 0 amide bonds. The number of aromatic nitrogens is 4. The van der Waals surface area contributed by atoms with E-state index in [9.17, 15) is 19.3 Å². The van der Waals surface area contributed by atoms with Crippen LogP contribution in [-0.2, 0) is 0 Å². The fraction of sp³-hybridized carbons (Fsp3) is 0. The highest BCUT2D eigenvalue weighted by atomic mass is 19.1. The molecule has 0 fully saturated rings. The van der Waals surface area contributed by atoms with Crippen LogP contribution in [0.2, 0.25) is 0 Å². The Morgan fingerprint density at radius 3 is 1.32 bits per heavy atom. The zero-order chi connectivity index (χ0) is 30.5. The van der Waals surface area contributed by atoms with E-state index < -0.39 is 11.9 Å². The first-order valence-corrected chi connectivity index (χ1v) is 13.0. The summed E-state index contributed by atoms with van der Waals surface area (Å²) in [7, 11) is 0. The summed E-state index contributed by atoms with van der Waals surface area (Å²) in [6.45, 7) is 15.4. The molecule has 0 aliphatic heterocycles. The van der Waals surface area contributed by atoms with Gasteiger partial charge in [0.15, 0.2) is 0 Å². The van der Waals surface area contributed by atoms with Crippen LogP contribution in [0.4, 0.5) is 8.78 Å². The first-order chi connectivity index (χ1) is 21.4. The molecule has 0 spiro atoms. The molecular weight excluding hydrogens is 558 g/mol. The maximum atomic E-state index is 13.5. The van der Waals surface area contributed by atoms with Crippen LogP contribution in [0.25, 0.3) is 65.6 Å². The van der Waals surface area contributed by atoms with Crippen LogP contribution in [0.5, 0.6) is 0 Å². The summed E-state index contributed by atoms with van der Waals surface area (Å²) in [5, 5.41) is 19.8. The van der Waals surface area contributed by atoms with E-state index in [1.807, 2.05) is 12.1 Å². The summed E-state index contributed by atoms with van der Waals surface area (Å²) in [6.07, 6.45) is 2.79. The van der Waals surface area contributed by atoms with E-state index in [2.05, 4.69) is 19.7 Å². The SMILES string of the molecule is [C-]#[N+]/C(C#N)=C1/c2cc(-c3ccc(F)nc3)ccc2-c2nc3c(nc21)-c1ccc(-c2ccc(F)nc2)cc1/C3=C(/C#N)[N+]#[C-]. The zero-order valence-corrected chi connectivity index (χ0v) is 22.3. The molecule has 5 aromatic rings. The lowest BCUT2D eigenvalue weighted by molar-refractivity contribution is 0.583. The lowest BCUT2D eigenvalue weighted by Crippen LogP contribution is -1.98. The van der Waals surface area contributed by atoms with Crippen LogP contribution < -0.4 is 0 Å². The van der Waals surface area contributed by atoms with Gasteiger partial charge in [0.1, 0.15) is 0 Å². The third-order valence-electron chi connectivity index (χ3n) is 7.49. The molecule has 0 saturated heterocycles. The minimum absolute atomic E-state index is 0.180. The molecule has 44 heavy (non-hydrogen) atoms. The van der Waals surface area contributed by atoms with Gasteiger partial charge in [-0.25, -0.2) is 40.1 Å². The van der Waals surface area contributed by atoms with Crippen molar-refractivity contribution in [3.63, 3.8) is 0 Å². The fourth-order valence-corrected chi connectivity index (χ4v) is 5.54. The predicted octanol–water partition coefficient (Wildman–Crippen LogP) is 7.24. The summed E-state index contributed by atoms with van der Waals surface area (Å²) in [5.41, 5.74) is 6.63. The lowest BCUT2D eigenvalue weighted by atomic mass is 9.98. The predicted molar refractivity (Wildman–Crippen MR) is 156 cm³/mol. The van der Waals surface area contributed by atoms with Crippen LogP contribution in [0.1, 0.15) is 22.5 Å². The van der Waals surface area contributed by atoms with Gasteiger partial charge in [0.05, 0.1) is 48.1 Å². The minimum atomic E-state index is -0.618. The molecular formula is C34H12F2N8. The average molecular weight is 571 g/mol. The Labute approximate surface area is 248 Å². The van der Waals surface area contributed by atoms with Crippen LogP contribution in [0.3, 0.4) is 0 Å². The smallest absolute Gasteiger partial charge is 0.245 e. The van der Waals surface area contributed by atoms with Gasteiger partial charge in [-0.15, -0.1) is 0 Å². The lowest BCUT2D eigenvalue weighted by Gasteiger charge is -2.07. The monoisotopic (exact) mass is 570 g/mol. The van der Waals surface area contributed by atoms with Crippen LogP contribution >= 0.6 is 0 Å². The molecule has 0 saturated carbocycles. The molecule has 3 aromatic heterocycles. The number of rotatable bonds is 2. The maximum Gasteiger partial charge on any atom is 0.271 e. The third-order valence-corrected chi connectivity index (χ3v) is 7.49. The molecule has 0 N–H and O–H groups in total. The number of halogens is 2. The summed E-state index contributed by atoms with van der Waals surface area (Å²) < 4.78 is 27.0. The first kappa shape index (κ1) is 26.0. The minimum Gasteiger partial charge on any atom is -0.245 e. The number of hydrogen-bond donors (Lipinski definition) is 0. The zero-order valence-electron chi connectivity index (χ0n) is 22.3. The van der Waals surface area contributed by atoms with Crippen molar-refractivity contribution < 1.29 is 8.78 Å². The van der Waals surface area contributed by atoms with Gasteiger partial charge in [0, 0.05) is 45.8 Å². The van der Waals surface area contributed by atoms with Gasteiger partial charge in [-0.3, -0.25) is 0 Å². The van der Waals surface area contributed by atoms with E-state index in [0.29, 0.717) is 78.4 Å². The van der Waals surface area contributed by atoms with E-state index in [4.69, 9.17) is 23.1 Å². The van der Waals surface area contributed by atoms with Crippen molar-refractivity contribution in [1.82, 2.24) is 19.9 Å². The van der Waals surface area contributed by atoms with Crippen molar-refractivity contribution in [2.24, 2.45) is 0 Å². The quantitative estimate of drug-likeness (QED) is 0.123. The molecule has 7 rings (SSSR count). The summed E-state index contributed by atoms with van der Waals surface area (Å²) in [4.78, 5) is 24.3. The Kier molecular flexibility index (Phi) is 5.85. The number of fused-ring (bicyclic) bond motifs is 6. The van der Waals surface area contributed by atoms with Gasteiger partial charge in [0.2, 0.25) is 11.9 Å². The van der Waals surface area contributed by atoms with Crippen molar-refractivity contribution in [1.29, 1.82) is 10.5 Å². The standard InChI is InChI=1S/C34H12F2N8/c1-39-25(13-37)29-23-11-17(19-5-9-27(35)41-15-19)3-7-21(23)31-33(29)43-32-22-8-4-18(20-6-10-28(36)42-16-20)12-24(22)30(34(32)44-31)26(14-38)40-2/h3-12,15-16H/b29-25-,30-26+. The van der Waals surface area contributed by atoms with Gasteiger partial charge in [-0.1, -0.05) is 24.3 Å². The first-order valence-electron chi connectivity index (χ1n) is 13.0. The number of nitriles is 2. The molecule has 202 valence electrons. The van der Waals surface area contributed by atoms with Crippen LogP contribution in [0, 0.1) is 47.7 Å². The van der Waals surface area contributed by atoms with Gasteiger partial charge in [0.25, 0.3) is 11.4 Å². The fourth-order valence-electron chi connectivity index (χ4n) is 5.54. The topological polar surface area (TPSA) is 108 Å². The second-order valence-corrected chi connectivity index (χ2v) is 9.77. The van der Waals surface area contributed by atoms with Gasteiger partial charge in [-0.05, 0) is 58.7 Å². The van der Waals surface area contributed by atoms with E-state index in [1.165, 1.54) is 24.5 Å². The van der Waals surface area contributed by atoms with Gasteiger partial charge < -0.3 is 0 Å².